The minimum absolute atomic E-state index is 0.325. The summed E-state index contributed by atoms with van der Waals surface area (Å²) in [7, 11) is 1.63. The molecule has 0 amide bonds. The molecule has 0 saturated heterocycles. The molecule has 0 atom stereocenters. The number of hydrogen-bond acceptors (Lipinski definition) is 6. The van der Waals surface area contributed by atoms with Crippen molar-refractivity contribution in [1.82, 2.24) is 19.5 Å². The van der Waals surface area contributed by atoms with Crippen molar-refractivity contribution >= 4 is 49.6 Å². The normalized spacial score (nSPS) is 11.2. The second-order valence-electron chi connectivity index (χ2n) is 7.01. The zero-order valence-electron chi connectivity index (χ0n) is 16.7. The molecule has 31 heavy (non-hydrogen) atoms. The summed E-state index contributed by atoms with van der Waals surface area (Å²) >= 11 is 3.56. The Balaban J connectivity index is 1.72. The summed E-state index contributed by atoms with van der Waals surface area (Å²) in [6, 6.07) is 21.7. The van der Waals surface area contributed by atoms with E-state index in [2.05, 4.69) is 38.4 Å². The fourth-order valence-electron chi connectivity index (χ4n) is 3.58. The van der Waals surface area contributed by atoms with Crippen molar-refractivity contribution in [3.8, 4) is 11.7 Å². The van der Waals surface area contributed by atoms with E-state index in [4.69, 9.17) is 20.4 Å². The van der Waals surface area contributed by atoms with Gasteiger partial charge in [-0.1, -0.05) is 58.4 Å². The average molecular weight is 475 g/mol. The first-order chi connectivity index (χ1) is 15.1. The Hall–Kier alpha value is -3.65. The van der Waals surface area contributed by atoms with Crippen molar-refractivity contribution in [2.24, 2.45) is 0 Å². The predicted molar refractivity (Wildman–Crippen MR) is 127 cm³/mol. The number of fused-ring (bicyclic) bond motifs is 2. The molecule has 5 aromatic rings. The van der Waals surface area contributed by atoms with Crippen LogP contribution in [-0.4, -0.2) is 26.6 Å². The summed E-state index contributed by atoms with van der Waals surface area (Å²) in [6.07, 6.45) is 0. The Bertz CT molecular complexity index is 1400. The highest BCUT2D eigenvalue weighted by atomic mass is 79.9. The second kappa shape index (κ2) is 7.88. The third-order valence-corrected chi connectivity index (χ3v) is 5.49. The van der Waals surface area contributed by atoms with Crippen LogP contribution in [0, 0.1) is 0 Å². The molecule has 0 radical (unpaired) electrons. The van der Waals surface area contributed by atoms with E-state index in [-0.39, 0.29) is 0 Å². The first-order valence-electron chi connectivity index (χ1n) is 9.70. The van der Waals surface area contributed by atoms with Gasteiger partial charge >= 0.3 is 0 Å². The number of aromatic nitrogens is 4. The smallest absolute Gasteiger partial charge is 0.239 e. The average Bonchev–Trinajstić information content (AvgIpc) is 3.13. The standard InChI is InChI=1S/C23H19BrN6O/c1-31-19-12-15(24)11-16-20(19)28-23(29-21(16)26-13-14-7-3-2-4-8-14)30-18-10-6-5-9-17(18)27-22(30)25/h2-12H,13H2,1H3,(H2,25,27)(H,26,28,29). The van der Waals surface area contributed by atoms with E-state index in [0.717, 1.165) is 26.5 Å². The van der Waals surface area contributed by atoms with Crippen LogP contribution in [0.15, 0.2) is 71.2 Å². The number of halogens is 1. The Kier molecular flexibility index (Phi) is 4.91. The Morgan fingerprint density at radius 1 is 1.00 bits per heavy atom. The highest BCUT2D eigenvalue weighted by Crippen LogP contribution is 2.34. The quantitative estimate of drug-likeness (QED) is 0.375. The first-order valence-corrected chi connectivity index (χ1v) is 10.5. The maximum absolute atomic E-state index is 6.25. The van der Waals surface area contributed by atoms with Crippen molar-refractivity contribution < 1.29 is 4.74 Å². The number of nitrogens with one attached hydrogen (secondary N) is 1. The van der Waals surface area contributed by atoms with Gasteiger partial charge in [-0.25, -0.2) is 14.5 Å². The minimum atomic E-state index is 0.325. The summed E-state index contributed by atoms with van der Waals surface area (Å²) in [5.41, 5.74) is 9.70. The first kappa shape index (κ1) is 19.3. The van der Waals surface area contributed by atoms with Crippen LogP contribution >= 0.6 is 15.9 Å². The number of imidazole rings is 1. The number of methoxy groups -OCH3 is 1. The summed E-state index contributed by atoms with van der Waals surface area (Å²) in [5, 5.41) is 4.29. The van der Waals surface area contributed by atoms with Crippen LogP contribution < -0.4 is 15.8 Å². The molecule has 7 nitrogen and oxygen atoms in total. The molecule has 2 aromatic heterocycles. The van der Waals surface area contributed by atoms with Crippen molar-refractivity contribution in [1.29, 1.82) is 0 Å². The van der Waals surface area contributed by atoms with Crippen LogP contribution in [0.5, 0.6) is 5.75 Å². The maximum Gasteiger partial charge on any atom is 0.239 e. The van der Waals surface area contributed by atoms with Crippen LogP contribution in [0.1, 0.15) is 5.56 Å². The number of para-hydroxylation sites is 2. The van der Waals surface area contributed by atoms with Gasteiger partial charge in [0, 0.05) is 16.4 Å². The second-order valence-corrected chi connectivity index (χ2v) is 7.93. The van der Waals surface area contributed by atoms with Crippen LogP contribution in [-0.2, 0) is 6.54 Å². The van der Waals surface area contributed by atoms with Gasteiger partial charge in [-0.05, 0) is 29.8 Å². The fraction of sp³-hybridized carbons (Fsp3) is 0.0870. The number of anilines is 2. The molecule has 0 aliphatic rings. The van der Waals surface area contributed by atoms with Crippen molar-refractivity contribution in [3.05, 3.63) is 76.8 Å². The predicted octanol–water partition coefficient (Wildman–Crippen LogP) is 4.93. The summed E-state index contributed by atoms with van der Waals surface area (Å²) in [4.78, 5) is 14.1. The van der Waals surface area contributed by atoms with Gasteiger partial charge in [0.2, 0.25) is 11.9 Å². The third-order valence-electron chi connectivity index (χ3n) is 5.03. The number of nitrogens with two attached hydrogens (primary N) is 1. The summed E-state index contributed by atoms with van der Waals surface area (Å²) in [5.74, 6) is 2.07. The Morgan fingerprint density at radius 3 is 2.58 bits per heavy atom. The summed E-state index contributed by atoms with van der Waals surface area (Å²) < 4.78 is 8.24. The molecule has 5 rings (SSSR count). The van der Waals surface area contributed by atoms with E-state index in [1.54, 1.807) is 11.7 Å². The number of ether oxygens (including phenoxy) is 1. The molecule has 8 heteroatoms. The van der Waals surface area contributed by atoms with Gasteiger partial charge < -0.3 is 15.8 Å². The SMILES string of the molecule is COc1cc(Br)cc2c(NCc3ccccc3)nc(-n3c(N)nc4ccccc43)nc12. The lowest BCUT2D eigenvalue weighted by molar-refractivity contribution is 0.418. The molecule has 3 aromatic carbocycles. The molecule has 0 fully saturated rings. The largest absolute Gasteiger partial charge is 0.494 e. The van der Waals surface area contributed by atoms with Crippen molar-refractivity contribution in [2.45, 2.75) is 6.54 Å². The number of benzene rings is 3. The molecule has 0 aliphatic heterocycles. The van der Waals surface area contributed by atoms with Gasteiger partial charge in [0.15, 0.2) is 0 Å². The van der Waals surface area contributed by atoms with Gasteiger partial charge in [-0.2, -0.15) is 4.98 Å². The van der Waals surface area contributed by atoms with E-state index in [1.165, 1.54) is 0 Å². The lowest BCUT2D eigenvalue weighted by Gasteiger charge is -2.14. The van der Waals surface area contributed by atoms with E-state index in [0.29, 0.717) is 35.5 Å². The molecule has 0 unspecified atom stereocenters. The number of nitrogens with zero attached hydrogens (tertiary/aromatic N) is 4. The van der Waals surface area contributed by atoms with Gasteiger partial charge in [-0.15, -0.1) is 0 Å². The van der Waals surface area contributed by atoms with Crippen LogP contribution in [0.4, 0.5) is 11.8 Å². The van der Waals surface area contributed by atoms with Crippen molar-refractivity contribution in [2.75, 3.05) is 18.2 Å². The highest BCUT2D eigenvalue weighted by Gasteiger charge is 2.18. The number of rotatable bonds is 5. The minimum Gasteiger partial charge on any atom is -0.494 e. The maximum atomic E-state index is 6.25. The van der Waals surface area contributed by atoms with Gasteiger partial charge in [0.1, 0.15) is 17.1 Å². The topological polar surface area (TPSA) is 90.9 Å². The van der Waals surface area contributed by atoms with E-state index in [1.807, 2.05) is 54.6 Å². The van der Waals surface area contributed by atoms with Gasteiger partial charge in [0.05, 0.1) is 18.1 Å². The molecule has 3 N–H and O–H groups in total. The lowest BCUT2D eigenvalue weighted by Crippen LogP contribution is -2.10. The molecule has 0 aliphatic carbocycles. The molecular weight excluding hydrogens is 456 g/mol. The zero-order valence-corrected chi connectivity index (χ0v) is 18.3. The molecule has 0 saturated carbocycles. The molecule has 0 bridgehead atoms. The van der Waals surface area contributed by atoms with Gasteiger partial charge in [0.25, 0.3) is 0 Å². The fourth-order valence-corrected chi connectivity index (χ4v) is 4.02. The van der Waals surface area contributed by atoms with Crippen LogP contribution in [0.25, 0.3) is 27.9 Å². The van der Waals surface area contributed by atoms with Gasteiger partial charge in [-0.3, -0.25) is 0 Å². The number of nitrogen functional groups attached to an aromatic ring is 1. The molecule has 0 spiro atoms. The van der Waals surface area contributed by atoms with Crippen LogP contribution in [0.3, 0.4) is 0 Å². The van der Waals surface area contributed by atoms with E-state index >= 15 is 0 Å². The molecular formula is C23H19BrN6O. The summed E-state index contributed by atoms with van der Waals surface area (Å²) in [6.45, 7) is 0.612. The monoisotopic (exact) mass is 474 g/mol. The third kappa shape index (κ3) is 3.55. The number of hydrogen-bond donors (Lipinski definition) is 2. The Labute approximate surface area is 187 Å². The van der Waals surface area contributed by atoms with Crippen molar-refractivity contribution in [3.63, 3.8) is 0 Å². The Morgan fingerprint density at radius 2 is 1.77 bits per heavy atom. The lowest BCUT2D eigenvalue weighted by atomic mass is 10.2. The zero-order chi connectivity index (χ0) is 21.4. The molecule has 2 heterocycles. The van der Waals surface area contributed by atoms with E-state index < -0.39 is 0 Å². The molecule has 154 valence electrons. The van der Waals surface area contributed by atoms with E-state index in [9.17, 15) is 0 Å². The highest BCUT2D eigenvalue weighted by molar-refractivity contribution is 9.10. The van der Waals surface area contributed by atoms with Crippen LogP contribution in [0.2, 0.25) is 0 Å².